The van der Waals surface area contributed by atoms with Crippen LogP contribution in [0, 0.1) is 12.3 Å². The van der Waals surface area contributed by atoms with Crippen LogP contribution in [0.15, 0.2) is 22.3 Å². The highest BCUT2D eigenvalue weighted by molar-refractivity contribution is 7.99. The maximum Gasteiger partial charge on any atom is 0.301 e. The van der Waals surface area contributed by atoms with Crippen LogP contribution >= 0.6 is 11.8 Å². The Morgan fingerprint density at radius 1 is 1.17 bits per heavy atom. The van der Waals surface area contributed by atoms with Gasteiger partial charge in [-0.2, -0.15) is 9.97 Å². The van der Waals surface area contributed by atoms with Crippen molar-refractivity contribution in [1.82, 2.24) is 24.8 Å². The Labute approximate surface area is 173 Å². The van der Waals surface area contributed by atoms with Gasteiger partial charge in [-0.3, -0.25) is 10.1 Å². The van der Waals surface area contributed by atoms with Crippen molar-refractivity contribution in [2.45, 2.75) is 10.1 Å². The molecule has 1 aliphatic heterocycles. The van der Waals surface area contributed by atoms with E-state index in [1.165, 1.54) is 32.2 Å². The first kappa shape index (κ1) is 20.6. The zero-order chi connectivity index (χ0) is 20.8. The molecule has 10 nitrogen and oxygen atoms in total. The third kappa shape index (κ3) is 5.04. The number of nitrogens with one attached hydrogen (secondary N) is 1. The summed E-state index contributed by atoms with van der Waals surface area (Å²) in [7, 11) is 5.15. The molecule has 3 heterocycles. The molecule has 1 saturated heterocycles. The fourth-order valence-electron chi connectivity index (χ4n) is 2.61. The molecular weight excluding hydrogens is 394 g/mol. The third-order valence-electron chi connectivity index (χ3n) is 4.16. The van der Waals surface area contributed by atoms with Crippen molar-refractivity contribution in [3.8, 4) is 24.1 Å². The number of hydrogen-bond donors (Lipinski definition) is 1. The van der Waals surface area contributed by atoms with Crippen molar-refractivity contribution in [2.24, 2.45) is 0 Å². The minimum atomic E-state index is -0.588. The van der Waals surface area contributed by atoms with Gasteiger partial charge in [0, 0.05) is 32.4 Å². The Kier molecular flexibility index (Phi) is 6.69. The molecule has 11 heteroatoms. The fraction of sp³-hybridized carbons (Fsp3) is 0.389. The highest BCUT2D eigenvalue weighted by atomic mass is 32.2. The van der Waals surface area contributed by atoms with Gasteiger partial charge >= 0.3 is 5.91 Å². The Balaban J connectivity index is 1.88. The van der Waals surface area contributed by atoms with Gasteiger partial charge in [0.2, 0.25) is 17.7 Å². The smallest absolute Gasteiger partial charge is 0.301 e. The molecule has 0 atom stereocenters. The van der Waals surface area contributed by atoms with Crippen LogP contribution in [0.3, 0.4) is 0 Å². The Morgan fingerprint density at radius 3 is 2.41 bits per heavy atom. The number of terminal acetylenes is 1. The molecule has 0 bridgehead atoms. The van der Waals surface area contributed by atoms with Crippen LogP contribution in [0.1, 0.15) is 0 Å². The average molecular weight is 415 g/mol. The van der Waals surface area contributed by atoms with E-state index in [9.17, 15) is 4.79 Å². The van der Waals surface area contributed by atoms with E-state index < -0.39 is 5.91 Å². The van der Waals surface area contributed by atoms with Crippen molar-refractivity contribution in [3.05, 3.63) is 12.3 Å². The van der Waals surface area contributed by atoms with Crippen LogP contribution in [0.5, 0.6) is 11.8 Å². The number of piperazine rings is 1. The van der Waals surface area contributed by atoms with Crippen LogP contribution < -0.4 is 19.7 Å². The molecule has 1 aliphatic rings. The predicted octanol–water partition coefficient (Wildman–Crippen LogP) is 0.758. The number of carbonyl (C=O) groups is 1. The van der Waals surface area contributed by atoms with E-state index >= 15 is 0 Å². The van der Waals surface area contributed by atoms with Crippen LogP contribution in [0.4, 0.5) is 11.8 Å². The minimum Gasteiger partial charge on any atom is -0.480 e. The standard InChI is InChI=1S/C18H21N7O3S/c1-5-13(26)20-12-6-7-19-18(21-12)29-14-15(27-3)22-17(23-16(14)28-4)25-10-8-24(2)9-11-25/h1,6-7H,8-11H2,2-4H3,(H,19,20,21,26). The number of anilines is 2. The predicted molar refractivity (Wildman–Crippen MR) is 108 cm³/mol. The second-order valence-corrected chi connectivity index (χ2v) is 7.06. The van der Waals surface area contributed by atoms with Crippen LogP contribution in [-0.2, 0) is 4.79 Å². The molecule has 152 valence electrons. The van der Waals surface area contributed by atoms with E-state index in [0.717, 1.165) is 26.2 Å². The van der Waals surface area contributed by atoms with Gasteiger partial charge in [-0.05, 0) is 30.8 Å². The Bertz CT molecular complexity index is 901. The maximum atomic E-state index is 11.4. The van der Waals surface area contributed by atoms with Crippen LogP contribution in [0.25, 0.3) is 0 Å². The summed E-state index contributed by atoms with van der Waals surface area (Å²) in [6.45, 7) is 3.48. The van der Waals surface area contributed by atoms with E-state index in [1.54, 1.807) is 6.07 Å². The molecule has 1 fully saturated rings. The van der Waals surface area contributed by atoms with E-state index in [2.05, 4.69) is 42.1 Å². The van der Waals surface area contributed by atoms with Gasteiger partial charge in [0.1, 0.15) is 10.7 Å². The Morgan fingerprint density at radius 2 is 1.83 bits per heavy atom. The highest BCUT2D eigenvalue weighted by Gasteiger charge is 2.23. The first-order valence-electron chi connectivity index (χ1n) is 8.76. The minimum absolute atomic E-state index is 0.290. The van der Waals surface area contributed by atoms with Gasteiger partial charge in [-0.15, -0.1) is 6.42 Å². The molecule has 2 aromatic heterocycles. The number of nitrogens with zero attached hydrogens (tertiary/aromatic N) is 6. The molecule has 0 unspecified atom stereocenters. The number of ether oxygens (including phenoxy) is 2. The van der Waals surface area contributed by atoms with Gasteiger partial charge in [-0.1, -0.05) is 0 Å². The number of aromatic nitrogens is 4. The van der Waals surface area contributed by atoms with Crippen LogP contribution in [0.2, 0.25) is 0 Å². The number of rotatable bonds is 6. The van der Waals surface area contributed by atoms with E-state index in [4.69, 9.17) is 15.9 Å². The lowest BCUT2D eigenvalue weighted by Crippen LogP contribution is -2.45. The number of hydrogen-bond acceptors (Lipinski definition) is 10. The Hall–Kier alpha value is -3.10. The molecule has 0 aromatic carbocycles. The quantitative estimate of drug-likeness (QED) is 0.537. The van der Waals surface area contributed by atoms with Gasteiger partial charge in [0.15, 0.2) is 5.16 Å². The van der Waals surface area contributed by atoms with Crippen molar-refractivity contribution in [2.75, 3.05) is 57.7 Å². The van der Waals surface area contributed by atoms with E-state index in [0.29, 0.717) is 33.6 Å². The molecule has 0 spiro atoms. The fourth-order valence-corrected chi connectivity index (χ4v) is 3.49. The molecule has 29 heavy (non-hydrogen) atoms. The topological polar surface area (TPSA) is 106 Å². The molecule has 1 N–H and O–H groups in total. The number of amides is 1. The summed E-state index contributed by atoms with van der Waals surface area (Å²) < 4.78 is 11.0. The summed E-state index contributed by atoms with van der Waals surface area (Å²) in [5.74, 6) is 2.94. The van der Waals surface area contributed by atoms with Gasteiger partial charge in [0.25, 0.3) is 0 Å². The largest absolute Gasteiger partial charge is 0.480 e. The van der Waals surface area contributed by atoms with Gasteiger partial charge < -0.3 is 19.3 Å². The average Bonchev–Trinajstić information content (AvgIpc) is 2.74. The lowest BCUT2D eigenvalue weighted by Gasteiger charge is -2.32. The molecule has 2 aromatic rings. The molecular formula is C18H21N7O3S. The van der Waals surface area contributed by atoms with Gasteiger partial charge in [-0.25, -0.2) is 9.97 Å². The second-order valence-electron chi connectivity index (χ2n) is 6.09. The lowest BCUT2D eigenvalue weighted by molar-refractivity contribution is -0.111. The lowest BCUT2D eigenvalue weighted by atomic mass is 10.3. The van der Waals surface area contributed by atoms with Crippen molar-refractivity contribution in [1.29, 1.82) is 0 Å². The molecule has 0 aliphatic carbocycles. The van der Waals surface area contributed by atoms with E-state index in [-0.39, 0.29) is 0 Å². The summed E-state index contributed by atoms with van der Waals surface area (Å²) in [5, 5.41) is 2.84. The highest BCUT2D eigenvalue weighted by Crippen LogP contribution is 2.39. The molecule has 0 radical (unpaired) electrons. The van der Waals surface area contributed by atoms with E-state index in [1.807, 2.05) is 5.92 Å². The molecule has 0 saturated carbocycles. The summed E-state index contributed by atoms with van der Waals surface area (Å²) in [6, 6.07) is 1.54. The number of carbonyl (C=O) groups excluding carboxylic acids is 1. The van der Waals surface area contributed by atoms with Crippen molar-refractivity contribution >= 4 is 29.4 Å². The SMILES string of the molecule is C#CC(=O)Nc1ccnc(Sc2c(OC)nc(N3CCN(C)CC3)nc2OC)n1. The van der Waals surface area contributed by atoms with Gasteiger partial charge in [0.05, 0.1) is 14.2 Å². The first-order chi connectivity index (χ1) is 14.0. The van der Waals surface area contributed by atoms with Crippen molar-refractivity contribution in [3.63, 3.8) is 0 Å². The zero-order valence-electron chi connectivity index (χ0n) is 16.4. The first-order valence-corrected chi connectivity index (χ1v) is 9.57. The van der Waals surface area contributed by atoms with Crippen molar-refractivity contribution < 1.29 is 14.3 Å². The van der Waals surface area contributed by atoms with Crippen LogP contribution in [-0.4, -0.2) is 78.2 Å². The molecule has 1 amide bonds. The zero-order valence-corrected chi connectivity index (χ0v) is 17.2. The summed E-state index contributed by atoms with van der Waals surface area (Å²) in [6.07, 6.45) is 6.59. The maximum absolute atomic E-state index is 11.4. The summed E-state index contributed by atoms with van der Waals surface area (Å²) in [4.78, 5) is 33.8. The monoisotopic (exact) mass is 415 g/mol. The third-order valence-corrected chi connectivity index (χ3v) is 5.10. The molecule has 3 rings (SSSR count). The second kappa shape index (κ2) is 9.40. The number of likely N-dealkylation sites (N-methyl/N-ethyl adjacent to an activating group) is 1. The number of methoxy groups -OCH3 is 2. The summed E-state index contributed by atoms with van der Waals surface area (Å²) >= 11 is 1.17. The normalized spacial score (nSPS) is 14.2. The summed E-state index contributed by atoms with van der Waals surface area (Å²) in [5.41, 5.74) is 0.